The number of rotatable bonds is 5. The maximum Gasteiger partial charge on any atom is 0.247 e. The summed E-state index contributed by atoms with van der Waals surface area (Å²) < 4.78 is 19.1. The number of thioether (sulfide) groups is 1. The Bertz CT molecular complexity index is 1310. The van der Waals surface area contributed by atoms with Gasteiger partial charge in [-0.2, -0.15) is 0 Å². The van der Waals surface area contributed by atoms with Crippen LogP contribution in [0.1, 0.15) is 5.89 Å². The number of nitrogens with zero attached hydrogens (tertiary/aromatic N) is 4. The summed E-state index contributed by atoms with van der Waals surface area (Å²) in [7, 11) is 0. The van der Waals surface area contributed by atoms with Gasteiger partial charge in [0.1, 0.15) is 16.5 Å². The summed E-state index contributed by atoms with van der Waals surface area (Å²) in [5, 5.41) is 19.8. The van der Waals surface area contributed by atoms with Gasteiger partial charge in [0.05, 0.1) is 5.75 Å². The Balaban J connectivity index is 1.42. The summed E-state index contributed by atoms with van der Waals surface area (Å²) in [6.45, 7) is 0. The van der Waals surface area contributed by atoms with Gasteiger partial charge in [-0.15, -0.1) is 20.4 Å². The highest BCUT2D eigenvalue weighted by molar-refractivity contribution is 7.98. The van der Waals surface area contributed by atoms with Crippen LogP contribution in [0.15, 0.2) is 88.3 Å². The highest BCUT2D eigenvalue weighted by Crippen LogP contribution is 2.33. The molecule has 0 spiro atoms. The van der Waals surface area contributed by atoms with Crippen LogP contribution >= 0.6 is 11.8 Å². The molecule has 0 atom stereocenters. The standard InChI is InChI=1S/C23H15FN4OS/c24-17-12-10-15(11-13-17)21-18-8-4-5-9-19(18)23(28-26-21)30-14-20-25-27-22(29-20)16-6-2-1-3-7-16/h1-13H,14H2. The van der Waals surface area contributed by atoms with E-state index < -0.39 is 0 Å². The molecule has 0 fully saturated rings. The molecule has 0 amide bonds. The molecule has 2 aromatic heterocycles. The normalized spacial score (nSPS) is 11.1. The number of aromatic nitrogens is 4. The number of hydrogen-bond donors (Lipinski definition) is 0. The first-order chi connectivity index (χ1) is 14.8. The summed E-state index contributed by atoms with van der Waals surface area (Å²) in [5.74, 6) is 1.22. The number of hydrogen-bond acceptors (Lipinski definition) is 6. The van der Waals surface area contributed by atoms with Crippen molar-refractivity contribution in [2.45, 2.75) is 10.8 Å². The Morgan fingerprint density at radius 3 is 2.23 bits per heavy atom. The third-order valence-corrected chi connectivity index (χ3v) is 5.56. The van der Waals surface area contributed by atoms with E-state index in [0.29, 0.717) is 17.5 Å². The zero-order chi connectivity index (χ0) is 20.3. The molecule has 5 rings (SSSR count). The Morgan fingerprint density at radius 2 is 1.43 bits per heavy atom. The van der Waals surface area contributed by atoms with E-state index in [9.17, 15) is 4.39 Å². The fourth-order valence-corrected chi connectivity index (χ4v) is 3.96. The lowest BCUT2D eigenvalue weighted by Gasteiger charge is -2.08. The van der Waals surface area contributed by atoms with Gasteiger partial charge in [0.25, 0.3) is 0 Å². The summed E-state index contributed by atoms with van der Waals surface area (Å²) in [6.07, 6.45) is 0. The molecule has 0 radical (unpaired) electrons. The Kier molecular flexibility index (Phi) is 4.94. The lowest BCUT2D eigenvalue weighted by atomic mass is 10.1. The lowest BCUT2D eigenvalue weighted by molar-refractivity contribution is 0.528. The van der Waals surface area contributed by atoms with Crippen LogP contribution in [0.2, 0.25) is 0 Å². The van der Waals surface area contributed by atoms with Crippen LogP contribution in [0.5, 0.6) is 0 Å². The predicted molar refractivity (Wildman–Crippen MR) is 114 cm³/mol. The van der Waals surface area contributed by atoms with Crippen molar-refractivity contribution in [3.05, 3.63) is 90.6 Å². The molecule has 146 valence electrons. The third kappa shape index (κ3) is 3.67. The van der Waals surface area contributed by atoms with Gasteiger partial charge in [-0.05, 0) is 36.4 Å². The minimum atomic E-state index is -0.280. The van der Waals surface area contributed by atoms with Gasteiger partial charge in [-0.25, -0.2) is 4.39 Å². The van der Waals surface area contributed by atoms with Gasteiger partial charge in [0.15, 0.2) is 0 Å². The maximum atomic E-state index is 13.3. The number of fused-ring (bicyclic) bond motifs is 1. The van der Waals surface area contributed by atoms with Crippen molar-refractivity contribution in [3.63, 3.8) is 0 Å². The Hall–Kier alpha value is -3.58. The van der Waals surface area contributed by atoms with E-state index in [1.165, 1.54) is 23.9 Å². The van der Waals surface area contributed by atoms with E-state index in [-0.39, 0.29) is 5.82 Å². The van der Waals surface area contributed by atoms with Crippen LogP contribution in [-0.2, 0) is 5.75 Å². The largest absolute Gasteiger partial charge is 0.420 e. The van der Waals surface area contributed by atoms with Crippen LogP contribution in [0.4, 0.5) is 4.39 Å². The van der Waals surface area contributed by atoms with Crippen LogP contribution in [0.3, 0.4) is 0 Å². The summed E-state index contributed by atoms with van der Waals surface area (Å²) in [4.78, 5) is 0. The van der Waals surface area contributed by atoms with Crippen molar-refractivity contribution in [1.82, 2.24) is 20.4 Å². The van der Waals surface area contributed by atoms with E-state index in [1.807, 2.05) is 54.6 Å². The van der Waals surface area contributed by atoms with Gasteiger partial charge in [0.2, 0.25) is 11.8 Å². The molecule has 2 heterocycles. The Labute approximate surface area is 176 Å². The first-order valence-corrected chi connectivity index (χ1v) is 10.3. The summed E-state index contributed by atoms with van der Waals surface area (Å²) >= 11 is 1.49. The second-order valence-electron chi connectivity index (χ2n) is 6.56. The minimum absolute atomic E-state index is 0.280. The predicted octanol–water partition coefficient (Wildman–Crippen LogP) is 5.78. The topological polar surface area (TPSA) is 64.7 Å². The van der Waals surface area contributed by atoms with Crippen molar-refractivity contribution in [3.8, 4) is 22.7 Å². The lowest BCUT2D eigenvalue weighted by Crippen LogP contribution is -1.94. The average Bonchev–Trinajstić information content (AvgIpc) is 3.28. The fourth-order valence-electron chi connectivity index (χ4n) is 3.15. The molecule has 0 bridgehead atoms. The first kappa shape index (κ1) is 18.4. The van der Waals surface area contributed by atoms with Crippen LogP contribution in [-0.4, -0.2) is 20.4 Å². The van der Waals surface area contributed by atoms with E-state index in [1.54, 1.807) is 12.1 Å². The van der Waals surface area contributed by atoms with Crippen molar-refractivity contribution in [1.29, 1.82) is 0 Å². The van der Waals surface area contributed by atoms with Crippen molar-refractivity contribution in [2.75, 3.05) is 0 Å². The first-order valence-electron chi connectivity index (χ1n) is 9.30. The molecular weight excluding hydrogens is 399 g/mol. The van der Waals surface area contributed by atoms with Gasteiger partial charge in [0, 0.05) is 21.9 Å². The van der Waals surface area contributed by atoms with Crippen LogP contribution < -0.4 is 0 Å². The molecule has 5 nitrogen and oxygen atoms in total. The van der Waals surface area contributed by atoms with Crippen molar-refractivity contribution in [2.24, 2.45) is 0 Å². The average molecular weight is 414 g/mol. The molecule has 3 aromatic carbocycles. The number of halogens is 1. The molecule has 0 saturated carbocycles. The van der Waals surface area contributed by atoms with Gasteiger partial charge in [-0.3, -0.25) is 0 Å². The molecule has 0 aliphatic carbocycles. The molecule has 0 aliphatic rings. The van der Waals surface area contributed by atoms with E-state index in [4.69, 9.17) is 4.42 Å². The van der Waals surface area contributed by atoms with E-state index in [2.05, 4.69) is 20.4 Å². The minimum Gasteiger partial charge on any atom is -0.420 e. The molecule has 0 aliphatic heterocycles. The SMILES string of the molecule is Fc1ccc(-c2nnc(SCc3nnc(-c4ccccc4)o3)c3ccccc23)cc1. The molecule has 30 heavy (non-hydrogen) atoms. The smallest absolute Gasteiger partial charge is 0.247 e. The molecule has 0 unspecified atom stereocenters. The molecule has 0 saturated heterocycles. The van der Waals surface area contributed by atoms with Gasteiger partial charge in [-0.1, -0.05) is 54.2 Å². The third-order valence-electron chi connectivity index (χ3n) is 4.59. The van der Waals surface area contributed by atoms with Crippen LogP contribution in [0, 0.1) is 5.82 Å². The zero-order valence-corrected chi connectivity index (χ0v) is 16.5. The summed E-state index contributed by atoms with van der Waals surface area (Å²) in [6, 6.07) is 23.8. The zero-order valence-electron chi connectivity index (χ0n) is 15.7. The second-order valence-corrected chi connectivity index (χ2v) is 7.53. The second kappa shape index (κ2) is 8.04. The quantitative estimate of drug-likeness (QED) is 0.340. The molecule has 5 aromatic rings. The highest BCUT2D eigenvalue weighted by Gasteiger charge is 2.14. The molecule has 7 heteroatoms. The van der Waals surface area contributed by atoms with Gasteiger partial charge < -0.3 is 4.42 Å². The molecule has 0 N–H and O–H groups in total. The monoisotopic (exact) mass is 414 g/mol. The van der Waals surface area contributed by atoms with E-state index >= 15 is 0 Å². The maximum absolute atomic E-state index is 13.3. The van der Waals surface area contributed by atoms with Crippen molar-refractivity contribution >= 4 is 22.5 Å². The summed E-state index contributed by atoms with van der Waals surface area (Å²) in [5.41, 5.74) is 2.43. The molecular formula is C23H15FN4OS. The van der Waals surface area contributed by atoms with E-state index in [0.717, 1.165) is 32.6 Å². The fraction of sp³-hybridized carbons (Fsp3) is 0.0435. The highest BCUT2D eigenvalue weighted by atomic mass is 32.2. The van der Waals surface area contributed by atoms with Crippen molar-refractivity contribution < 1.29 is 8.81 Å². The Morgan fingerprint density at radius 1 is 0.700 bits per heavy atom. The number of benzene rings is 3. The van der Waals surface area contributed by atoms with Crippen LogP contribution in [0.25, 0.3) is 33.5 Å². The van der Waals surface area contributed by atoms with Gasteiger partial charge >= 0.3 is 0 Å².